The lowest BCUT2D eigenvalue weighted by Gasteiger charge is -2.13. The second kappa shape index (κ2) is 6.35. The first-order valence-electron chi connectivity index (χ1n) is 8.36. The van der Waals surface area contributed by atoms with Crippen molar-refractivity contribution in [3.63, 3.8) is 0 Å². The lowest BCUT2D eigenvalue weighted by Crippen LogP contribution is -2.23. The monoisotopic (exact) mass is 404 g/mol. The van der Waals surface area contributed by atoms with E-state index < -0.39 is 15.4 Å². The van der Waals surface area contributed by atoms with Gasteiger partial charge in [0.2, 0.25) is 9.84 Å². The van der Waals surface area contributed by atoms with Gasteiger partial charge in [0, 0.05) is 16.8 Å². The van der Waals surface area contributed by atoms with Crippen LogP contribution in [0.5, 0.6) is 0 Å². The molecule has 0 saturated heterocycles. The minimum Gasteiger partial charge on any atom is -0.389 e. The molecule has 0 amide bonds. The minimum absolute atomic E-state index is 0.0394. The van der Waals surface area contributed by atoms with Gasteiger partial charge in [0.05, 0.1) is 0 Å². The number of rotatable bonds is 3. The van der Waals surface area contributed by atoms with E-state index in [1.54, 1.807) is 32.0 Å². The summed E-state index contributed by atoms with van der Waals surface area (Å²) in [5.74, 6) is -0.289. The SMILES string of the molecule is CC1(C)CC(S(=O)(=O)Cc2noc3ccc(-c4ccc(Cl)cc4)cc23)=NO1. The molecular weight excluding hydrogens is 388 g/mol. The fraction of sp³-hybridized carbons (Fsp3) is 0.263. The smallest absolute Gasteiger partial charge is 0.200 e. The maximum Gasteiger partial charge on any atom is 0.200 e. The van der Waals surface area contributed by atoms with Crippen molar-refractivity contribution < 1.29 is 17.8 Å². The lowest BCUT2D eigenvalue weighted by atomic mass is 10.0. The molecule has 0 atom stereocenters. The van der Waals surface area contributed by atoms with Gasteiger partial charge in [0.1, 0.15) is 17.0 Å². The number of fused-ring (bicyclic) bond motifs is 1. The molecule has 0 bridgehead atoms. The van der Waals surface area contributed by atoms with Gasteiger partial charge in [-0.3, -0.25) is 0 Å². The number of hydrogen-bond acceptors (Lipinski definition) is 6. The zero-order chi connectivity index (χ0) is 19.2. The molecule has 8 heteroatoms. The zero-order valence-electron chi connectivity index (χ0n) is 14.8. The Bertz CT molecular complexity index is 1150. The number of nitrogens with zero attached hydrogens (tertiary/aromatic N) is 2. The van der Waals surface area contributed by atoms with Gasteiger partial charge in [-0.15, -0.1) is 0 Å². The van der Waals surface area contributed by atoms with Crippen LogP contribution in [-0.2, 0) is 20.4 Å². The van der Waals surface area contributed by atoms with E-state index in [4.69, 9.17) is 21.0 Å². The maximum atomic E-state index is 12.7. The Hall–Kier alpha value is -2.38. The van der Waals surface area contributed by atoms with Gasteiger partial charge in [-0.05, 0) is 49.2 Å². The van der Waals surface area contributed by atoms with Crippen molar-refractivity contribution >= 4 is 37.5 Å². The van der Waals surface area contributed by atoms with Crippen molar-refractivity contribution in [3.8, 4) is 11.1 Å². The summed E-state index contributed by atoms with van der Waals surface area (Å²) in [5.41, 5.74) is 2.15. The zero-order valence-corrected chi connectivity index (χ0v) is 16.3. The highest BCUT2D eigenvalue weighted by molar-refractivity contribution is 8.05. The summed E-state index contributed by atoms with van der Waals surface area (Å²) in [4.78, 5) is 5.19. The average molecular weight is 405 g/mol. The molecule has 1 aliphatic heterocycles. The highest BCUT2D eigenvalue weighted by Gasteiger charge is 2.36. The topological polar surface area (TPSA) is 81.8 Å². The Labute approximate surface area is 161 Å². The van der Waals surface area contributed by atoms with E-state index in [1.807, 2.05) is 24.3 Å². The van der Waals surface area contributed by atoms with Gasteiger partial charge in [-0.25, -0.2) is 8.42 Å². The van der Waals surface area contributed by atoms with E-state index >= 15 is 0 Å². The van der Waals surface area contributed by atoms with Crippen LogP contribution in [0.2, 0.25) is 5.02 Å². The van der Waals surface area contributed by atoms with Gasteiger partial charge in [0.15, 0.2) is 10.6 Å². The number of aromatic nitrogens is 1. The Balaban J connectivity index is 1.68. The van der Waals surface area contributed by atoms with E-state index in [0.29, 0.717) is 21.7 Å². The summed E-state index contributed by atoms with van der Waals surface area (Å²) in [6, 6.07) is 13.0. The van der Waals surface area contributed by atoms with Gasteiger partial charge < -0.3 is 9.36 Å². The number of sulfone groups is 1. The molecule has 0 N–H and O–H groups in total. The highest BCUT2D eigenvalue weighted by Crippen LogP contribution is 2.30. The van der Waals surface area contributed by atoms with Crippen LogP contribution in [0.25, 0.3) is 22.1 Å². The van der Waals surface area contributed by atoms with Crippen LogP contribution in [0.15, 0.2) is 52.1 Å². The quantitative estimate of drug-likeness (QED) is 0.638. The fourth-order valence-electron chi connectivity index (χ4n) is 2.95. The fourth-order valence-corrected chi connectivity index (χ4v) is 4.53. The van der Waals surface area contributed by atoms with Gasteiger partial charge in [-0.1, -0.05) is 40.1 Å². The first kappa shape index (κ1) is 18.0. The van der Waals surface area contributed by atoms with Crippen LogP contribution in [0.1, 0.15) is 26.0 Å². The standard InChI is InChI=1S/C19H17ClN2O4S/c1-19(2)10-18(22-26-19)27(23,24)11-16-15-9-13(5-8-17(15)25-21-16)12-3-6-14(20)7-4-12/h3-9H,10-11H2,1-2H3. The first-order valence-corrected chi connectivity index (χ1v) is 10.4. The van der Waals surface area contributed by atoms with Crippen LogP contribution in [0.3, 0.4) is 0 Å². The molecule has 0 spiro atoms. The first-order chi connectivity index (χ1) is 12.7. The third-order valence-electron chi connectivity index (χ3n) is 4.38. The van der Waals surface area contributed by atoms with Crippen LogP contribution < -0.4 is 0 Å². The van der Waals surface area contributed by atoms with Crippen LogP contribution in [-0.4, -0.2) is 24.2 Å². The Kier molecular flexibility index (Phi) is 4.24. The number of hydrogen-bond donors (Lipinski definition) is 0. The van der Waals surface area contributed by atoms with Crippen LogP contribution >= 0.6 is 11.6 Å². The molecule has 0 fully saturated rings. The summed E-state index contributed by atoms with van der Waals surface area (Å²) in [7, 11) is -3.64. The summed E-state index contributed by atoms with van der Waals surface area (Å²) < 4.78 is 30.7. The molecule has 0 radical (unpaired) electrons. The summed E-state index contributed by atoms with van der Waals surface area (Å²) in [5, 5.41) is 9.07. The normalized spacial score (nSPS) is 16.3. The molecule has 140 valence electrons. The molecule has 27 heavy (non-hydrogen) atoms. The Morgan fingerprint density at radius 3 is 2.48 bits per heavy atom. The van der Waals surface area contributed by atoms with E-state index in [9.17, 15) is 8.42 Å². The molecule has 3 aromatic rings. The van der Waals surface area contributed by atoms with Crippen molar-refractivity contribution in [3.05, 3.63) is 53.2 Å². The van der Waals surface area contributed by atoms with E-state index in [0.717, 1.165) is 11.1 Å². The summed E-state index contributed by atoms with van der Waals surface area (Å²) in [6.45, 7) is 3.59. The average Bonchev–Trinajstić information content (AvgIpc) is 3.18. The number of halogens is 1. The predicted molar refractivity (Wildman–Crippen MR) is 104 cm³/mol. The van der Waals surface area contributed by atoms with Crippen LogP contribution in [0, 0.1) is 0 Å². The molecule has 2 heterocycles. The molecule has 0 aliphatic carbocycles. The number of oxime groups is 1. The predicted octanol–water partition coefficient (Wildman–Crippen LogP) is 4.58. The number of benzene rings is 2. The highest BCUT2D eigenvalue weighted by atomic mass is 35.5. The lowest BCUT2D eigenvalue weighted by molar-refractivity contribution is 0.0123. The Morgan fingerprint density at radius 2 is 1.81 bits per heavy atom. The molecule has 1 aromatic heterocycles. The van der Waals surface area contributed by atoms with Gasteiger partial charge in [-0.2, -0.15) is 0 Å². The summed E-state index contributed by atoms with van der Waals surface area (Å²) >= 11 is 5.94. The molecule has 2 aromatic carbocycles. The van der Waals surface area contributed by atoms with E-state index in [2.05, 4.69) is 10.3 Å². The summed E-state index contributed by atoms with van der Waals surface area (Å²) in [6.07, 6.45) is 0.237. The third-order valence-corrected chi connectivity index (χ3v) is 6.22. The minimum atomic E-state index is -3.64. The molecular formula is C19H17ClN2O4S. The second-order valence-corrected chi connectivity index (χ2v) is 9.54. The maximum absolute atomic E-state index is 12.7. The van der Waals surface area contributed by atoms with Crippen molar-refractivity contribution in [1.82, 2.24) is 5.16 Å². The van der Waals surface area contributed by atoms with Gasteiger partial charge >= 0.3 is 0 Å². The molecule has 0 unspecified atom stereocenters. The third kappa shape index (κ3) is 3.57. The van der Waals surface area contributed by atoms with Crippen molar-refractivity contribution in [2.24, 2.45) is 5.16 Å². The van der Waals surface area contributed by atoms with Gasteiger partial charge in [0.25, 0.3) is 0 Å². The van der Waals surface area contributed by atoms with E-state index in [1.165, 1.54) is 0 Å². The van der Waals surface area contributed by atoms with Crippen molar-refractivity contribution in [2.75, 3.05) is 0 Å². The second-order valence-electron chi connectivity index (χ2n) is 7.12. The van der Waals surface area contributed by atoms with Crippen molar-refractivity contribution in [1.29, 1.82) is 0 Å². The van der Waals surface area contributed by atoms with E-state index in [-0.39, 0.29) is 17.2 Å². The van der Waals surface area contributed by atoms with Crippen molar-refractivity contribution in [2.45, 2.75) is 31.6 Å². The Morgan fingerprint density at radius 1 is 1.11 bits per heavy atom. The molecule has 4 rings (SSSR count). The largest absolute Gasteiger partial charge is 0.389 e. The van der Waals surface area contributed by atoms with Crippen LogP contribution in [0.4, 0.5) is 0 Å². The molecule has 1 aliphatic rings. The molecule has 6 nitrogen and oxygen atoms in total. The molecule has 0 saturated carbocycles.